The standard InChI is InChI=1S/C9H12N2O/c1-2-9(12)11-8-5-3-7(10)4-6-8/h2-6,9,11-12H,1,10H2. The summed E-state index contributed by atoms with van der Waals surface area (Å²) in [5.41, 5.74) is 7.00. The minimum absolute atomic E-state index is 0.702. The van der Waals surface area contributed by atoms with Gasteiger partial charge in [0.15, 0.2) is 0 Å². The Balaban J connectivity index is 2.64. The van der Waals surface area contributed by atoms with Crippen molar-refractivity contribution < 1.29 is 5.11 Å². The Morgan fingerprint density at radius 3 is 2.50 bits per heavy atom. The molecular weight excluding hydrogens is 152 g/mol. The molecule has 1 aromatic rings. The fraction of sp³-hybridized carbons (Fsp3) is 0.111. The Labute approximate surface area is 71.5 Å². The molecule has 1 aromatic carbocycles. The number of benzene rings is 1. The van der Waals surface area contributed by atoms with Crippen LogP contribution < -0.4 is 11.1 Å². The van der Waals surface area contributed by atoms with Crippen molar-refractivity contribution in [1.29, 1.82) is 0 Å². The second kappa shape index (κ2) is 3.78. The van der Waals surface area contributed by atoms with E-state index in [0.29, 0.717) is 5.69 Å². The summed E-state index contributed by atoms with van der Waals surface area (Å²) in [5, 5.41) is 11.9. The topological polar surface area (TPSA) is 58.3 Å². The van der Waals surface area contributed by atoms with Gasteiger partial charge in [-0.2, -0.15) is 0 Å². The maximum atomic E-state index is 9.12. The number of aliphatic hydroxyl groups is 1. The van der Waals surface area contributed by atoms with E-state index in [1.807, 2.05) is 0 Å². The minimum atomic E-state index is -0.714. The van der Waals surface area contributed by atoms with Gasteiger partial charge in [0.1, 0.15) is 6.23 Å². The lowest BCUT2D eigenvalue weighted by Gasteiger charge is -2.09. The van der Waals surface area contributed by atoms with E-state index >= 15 is 0 Å². The first-order chi connectivity index (χ1) is 5.72. The molecule has 4 N–H and O–H groups in total. The largest absolute Gasteiger partial charge is 0.399 e. The predicted octanol–water partition coefficient (Wildman–Crippen LogP) is 1.19. The van der Waals surface area contributed by atoms with E-state index in [-0.39, 0.29) is 0 Å². The number of hydrogen-bond donors (Lipinski definition) is 3. The van der Waals surface area contributed by atoms with Crippen LogP contribution in [0.25, 0.3) is 0 Å². The molecule has 1 unspecified atom stereocenters. The lowest BCUT2D eigenvalue weighted by Crippen LogP contribution is -2.14. The van der Waals surface area contributed by atoms with Gasteiger partial charge in [-0.05, 0) is 30.3 Å². The van der Waals surface area contributed by atoms with Gasteiger partial charge < -0.3 is 16.2 Å². The molecule has 1 atom stereocenters. The third-order valence-corrected chi connectivity index (χ3v) is 1.45. The first-order valence-electron chi connectivity index (χ1n) is 3.65. The molecule has 0 saturated carbocycles. The fourth-order valence-electron chi connectivity index (χ4n) is 0.809. The molecule has 1 rings (SSSR count). The van der Waals surface area contributed by atoms with Gasteiger partial charge in [0.25, 0.3) is 0 Å². The first kappa shape index (κ1) is 8.62. The molecule has 3 nitrogen and oxygen atoms in total. The van der Waals surface area contributed by atoms with Gasteiger partial charge in [-0.1, -0.05) is 6.58 Å². The van der Waals surface area contributed by atoms with E-state index in [9.17, 15) is 0 Å². The maximum Gasteiger partial charge on any atom is 0.143 e. The highest BCUT2D eigenvalue weighted by molar-refractivity contribution is 5.51. The van der Waals surface area contributed by atoms with Crippen molar-refractivity contribution in [2.45, 2.75) is 6.23 Å². The van der Waals surface area contributed by atoms with Gasteiger partial charge in [-0.3, -0.25) is 0 Å². The average Bonchev–Trinajstić information content (AvgIpc) is 2.09. The highest BCUT2D eigenvalue weighted by atomic mass is 16.3. The molecule has 3 heteroatoms. The van der Waals surface area contributed by atoms with Crippen LogP contribution in [0.2, 0.25) is 0 Å². The molecule has 0 heterocycles. The van der Waals surface area contributed by atoms with Crippen LogP contribution in [0.15, 0.2) is 36.9 Å². The van der Waals surface area contributed by atoms with Crippen LogP contribution >= 0.6 is 0 Å². The molecule has 0 aliphatic carbocycles. The third-order valence-electron chi connectivity index (χ3n) is 1.45. The van der Waals surface area contributed by atoms with E-state index in [2.05, 4.69) is 11.9 Å². The van der Waals surface area contributed by atoms with E-state index in [0.717, 1.165) is 5.69 Å². The van der Waals surface area contributed by atoms with Crippen molar-refractivity contribution in [3.63, 3.8) is 0 Å². The normalized spacial score (nSPS) is 12.1. The molecule has 0 aliphatic heterocycles. The van der Waals surface area contributed by atoms with Crippen LogP contribution in [-0.2, 0) is 0 Å². The Bertz CT molecular complexity index is 256. The molecule has 0 aliphatic rings. The summed E-state index contributed by atoms with van der Waals surface area (Å²) in [5.74, 6) is 0. The second-order valence-electron chi connectivity index (χ2n) is 2.45. The maximum absolute atomic E-state index is 9.12. The molecule has 12 heavy (non-hydrogen) atoms. The zero-order valence-electron chi connectivity index (χ0n) is 6.70. The highest BCUT2D eigenvalue weighted by Crippen LogP contribution is 2.10. The van der Waals surface area contributed by atoms with Crippen molar-refractivity contribution >= 4 is 11.4 Å². The molecule has 0 radical (unpaired) electrons. The number of hydrogen-bond acceptors (Lipinski definition) is 3. The Kier molecular flexibility index (Phi) is 2.71. The predicted molar refractivity (Wildman–Crippen MR) is 50.7 cm³/mol. The van der Waals surface area contributed by atoms with Gasteiger partial charge >= 0.3 is 0 Å². The summed E-state index contributed by atoms with van der Waals surface area (Å²) in [6.45, 7) is 3.44. The summed E-state index contributed by atoms with van der Waals surface area (Å²) in [6, 6.07) is 7.11. The molecule has 0 saturated heterocycles. The monoisotopic (exact) mass is 164 g/mol. The van der Waals surface area contributed by atoms with Crippen LogP contribution in [0.1, 0.15) is 0 Å². The van der Waals surface area contributed by atoms with Crippen molar-refractivity contribution in [2.24, 2.45) is 0 Å². The van der Waals surface area contributed by atoms with Gasteiger partial charge in [0.2, 0.25) is 0 Å². The van der Waals surface area contributed by atoms with E-state index < -0.39 is 6.23 Å². The summed E-state index contributed by atoms with van der Waals surface area (Å²) >= 11 is 0. The lowest BCUT2D eigenvalue weighted by molar-refractivity contribution is 0.253. The number of nitrogens with one attached hydrogen (secondary N) is 1. The number of anilines is 2. The second-order valence-corrected chi connectivity index (χ2v) is 2.45. The van der Waals surface area contributed by atoms with Gasteiger partial charge in [-0.25, -0.2) is 0 Å². The van der Waals surface area contributed by atoms with Crippen LogP contribution in [0, 0.1) is 0 Å². The zero-order chi connectivity index (χ0) is 8.97. The van der Waals surface area contributed by atoms with Gasteiger partial charge in [0, 0.05) is 11.4 Å². The highest BCUT2D eigenvalue weighted by Gasteiger charge is 1.96. The molecule has 0 bridgehead atoms. The zero-order valence-corrected chi connectivity index (χ0v) is 6.70. The fourth-order valence-corrected chi connectivity index (χ4v) is 0.809. The quantitative estimate of drug-likeness (QED) is 0.357. The van der Waals surface area contributed by atoms with Gasteiger partial charge in [0.05, 0.1) is 0 Å². The molecule has 0 aromatic heterocycles. The number of nitrogen functional groups attached to an aromatic ring is 1. The number of nitrogens with two attached hydrogens (primary N) is 1. The molecular formula is C9H12N2O. The minimum Gasteiger partial charge on any atom is -0.399 e. The van der Waals surface area contributed by atoms with Crippen LogP contribution in [0.4, 0.5) is 11.4 Å². The van der Waals surface area contributed by atoms with Gasteiger partial charge in [-0.15, -0.1) is 0 Å². The van der Waals surface area contributed by atoms with Crippen LogP contribution in [-0.4, -0.2) is 11.3 Å². The first-order valence-corrected chi connectivity index (χ1v) is 3.65. The Hall–Kier alpha value is -1.48. The summed E-state index contributed by atoms with van der Waals surface area (Å²) in [7, 11) is 0. The van der Waals surface area contributed by atoms with E-state index in [1.165, 1.54) is 6.08 Å². The molecule has 0 amide bonds. The smallest absolute Gasteiger partial charge is 0.143 e. The average molecular weight is 164 g/mol. The van der Waals surface area contributed by atoms with Crippen molar-refractivity contribution in [3.05, 3.63) is 36.9 Å². The molecule has 0 fully saturated rings. The Morgan fingerprint density at radius 1 is 1.42 bits per heavy atom. The van der Waals surface area contributed by atoms with Crippen molar-refractivity contribution in [3.8, 4) is 0 Å². The van der Waals surface area contributed by atoms with Crippen molar-refractivity contribution in [1.82, 2.24) is 0 Å². The van der Waals surface area contributed by atoms with Crippen LogP contribution in [0.5, 0.6) is 0 Å². The number of aliphatic hydroxyl groups excluding tert-OH is 1. The lowest BCUT2D eigenvalue weighted by atomic mass is 10.3. The SMILES string of the molecule is C=CC(O)Nc1ccc(N)cc1. The van der Waals surface area contributed by atoms with E-state index in [4.69, 9.17) is 10.8 Å². The molecule has 0 spiro atoms. The summed E-state index contributed by atoms with van der Waals surface area (Å²) in [6.07, 6.45) is 0.699. The summed E-state index contributed by atoms with van der Waals surface area (Å²) < 4.78 is 0. The third kappa shape index (κ3) is 2.29. The number of rotatable bonds is 3. The molecule has 64 valence electrons. The summed E-state index contributed by atoms with van der Waals surface area (Å²) in [4.78, 5) is 0. The Morgan fingerprint density at radius 2 is 2.00 bits per heavy atom. The van der Waals surface area contributed by atoms with E-state index in [1.54, 1.807) is 24.3 Å². The van der Waals surface area contributed by atoms with Crippen LogP contribution in [0.3, 0.4) is 0 Å². The van der Waals surface area contributed by atoms with Crippen molar-refractivity contribution in [2.75, 3.05) is 11.1 Å².